The van der Waals surface area contributed by atoms with Crippen LogP contribution in [0.2, 0.25) is 0 Å². The molecule has 4 heteroatoms. The van der Waals surface area contributed by atoms with Crippen molar-refractivity contribution < 1.29 is 42.2 Å². The molecule has 0 saturated carbocycles. The average molecular weight is 262 g/mol. The van der Waals surface area contributed by atoms with Gasteiger partial charge in [0.05, 0.1) is 0 Å². The van der Waals surface area contributed by atoms with Gasteiger partial charge in [0.2, 0.25) is 0 Å². The number of carbonyl (C=O) groups is 1. The predicted molar refractivity (Wildman–Crippen MR) is 48.2 cm³/mol. The summed E-state index contributed by atoms with van der Waals surface area (Å²) in [7, 11) is 0. The Kier molecular flexibility index (Phi) is 12.3. The number of ether oxygens (including phenoxy) is 1. The van der Waals surface area contributed by atoms with Crippen molar-refractivity contribution in [3.8, 4) is 0 Å². The molecule has 0 aromatic carbocycles. The molecule has 0 aromatic heterocycles. The fourth-order valence-electron chi connectivity index (χ4n) is 0.384. The maximum atomic E-state index is 10.8. The minimum atomic E-state index is -0.311. The number of carbonyl (C=O) groups excluding carboxylic acids is 1. The number of hydrogen-bond donors (Lipinski definition) is 0. The van der Waals surface area contributed by atoms with Crippen molar-refractivity contribution >= 4 is 17.7 Å². The molecule has 0 aliphatic rings. The van der Waals surface area contributed by atoms with Crippen molar-refractivity contribution in [1.29, 1.82) is 0 Å². The molecule has 2 nitrogen and oxygen atoms in total. The first-order valence-electron chi connectivity index (χ1n) is 3.36. The van der Waals surface area contributed by atoms with Crippen LogP contribution in [0.4, 0.5) is 0 Å². The predicted octanol–water partition coefficient (Wildman–Crippen LogP) is 2.02. The molecule has 12 heavy (non-hydrogen) atoms. The third kappa shape index (κ3) is 8.76. The molecule has 0 rings (SSSR count). The van der Waals surface area contributed by atoms with Gasteiger partial charge in [0, 0.05) is 38.3 Å². The fraction of sp³-hybridized carbons (Fsp3) is 0.500. The van der Waals surface area contributed by atoms with Crippen LogP contribution in [0, 0.1) is 6.42 Å². The summed E-state index contributed by atoms with van der Waals surface area (Å²) in [5.41, 5.74) is 0.450. The summed E-state index contributed by atoms with van der Waals surface area (Å²) in [5, 5.41) is 0. The van der Waals surface area contributed by atoms with Gasteiger partial charge >= 0.3 is 5.97 Å². The van der Waals surface area contributed by atoms with E-state index in [-0.39, 0.29) is 38.7 Å². The molecular weight excluding hydrogens is 249 g/mol. The topological polar surface area (TPSA) is 26.3 Å². The number of rotatable bonds is 5. The molecule has 67 valence electrons. The van der Waals surface area contributed by atoms with Gasteiger partial charge in [-0.25, -0.2) is 4.79 Å². The van der Waals surface area contributed by atoms with Gasteiger partial charge < -0.3 is 11.2 Å². The summed E-state index contributed by atoms with van der Waals surface area (Å²) in [6.07, 6.45) is 2.01. The van der Waals surface area contributed by atoms with Gasteiger partial charge in [-0.3, -0.25) is 0 Å². The summed E-state index contributed by atoms with van der Waals surface area (Å²) < 4.78 is 4.81. The molecule has 0 aromatic rings. The SMILES string of the molecule is C=C(C)C(=O)OCSC[CH-]C.[Y]. The Labute approximate surface area is 103 Å². The average Bonchev–Trinajstić information content (AvgIpc) is 1.97. The van der Waals surface area contributed by atoms with E-state index in [0.29, 0.717) is 11.5 Å². The molecule has 0 atom stereocenters. The molecule has 1 radical (unpaired) electrons. The van der Waals surface area contributed by atoms with Crippen LogP contribution in [-0.4, -0.2) is 17.7 Å². The Balaban J connectivity index is 0. The van der Waals surface area contributed by atoms with Crippen LogP contribution in [0.5, 0.6) is 0 Å². The van der Waals surface area contributed by atoms with Crippen molar-refractivity contribution in [2.24, 2.45) is 0 Å². The molecular formula is C8H13O2SY-. The Bertz CT molecular complexity index is 148. The Hall–Kier alpha value is 0.664. The second-order valence-corrected chi connectivity index (χ2v) is 3.09. The fourth-order valence-corrected chi connectivity index (χ4v) is 0.907. The van der Waals surface area contributed by atoms with Crippen molar-refractivity contribution in [1.82, 2.24) is 0 Å². The Morgan fingerprint density at radius 2 is 2.25 bits per heavy atom. The molecule has 0 bridgehead atoms. The Morgan fingerprint density at radius 1 is 1.67 bits per heavy atom. The van der Waals surface area contributed by atoms with E-state index in [1.807, 2.05) is 13.3 Å². The molecule has 0 saturated heterocycles. The second-order valence-electron chi connectivity index (χ2n) is 2.11. The van der Waals surface area contributed by atoms with Crippen molar-refractivity contribution in [3.63, 3.8) is 0 Å². The van der Waals surface area contributed by atoms with Crippen molar-refractivity contribution in [3.05, 3.63) is 18.6 Å². The van der Waals surface area contributed by atoms with Crippen LogP contribution in [0.15, 0.2) is 12.2 Å². The zero-order chi connectivity index (χ0) is 8.69. The first kappa shape index (κ1) is 15.2. The first-order chi connectivity index (χ1) is 5.18. The minimum Gasteiger partial charge on any atom is -0.451 e. The van der Waals surface area contributed by atoms with E-state index in [0.717, 1.165) is 5.75 Å². The third-order valence-corrected chi connectivity index (χ3v) is 1.76. The molecule has 0 N–H and O–H groups in total. The number of hydrogen-bond acceptors (Lipinski definition) is 3. The van der Waals surface area contributed by atoms with E-state index in [4.69, 9.17) is 4.74 Å². The van der Waals surface area contributed by atoms with E-state index in [1.165, 1.54) is 0 Å². The summed E-state index contributed by atoms with van der Waals surface area (Å²) in [4.78, 5) is 10.8. The van der Waals surface area contributed by atoms with Gasteiger partial charge in [0.15, 0.2) is 0 Å². The zero-order valence-corrected chi connectivity index (χ0v) is 11.2. The van der Waals surface area contributed by atoms with Gasteiger partial charge in [-0.15, -0.1) is 5.75 Å². The summed E-state index contributed by atoms with van der Waals surface area (Å²) >= 11 is 1.56. The van der Waals surface area contributed by atoms with E-state index >= 15 is 0 Å². The van der Waals surface area contributed by atoms with Crippen LogP contribution in [0.3, 0.4) is 0 Å². The van der Waals surface area contributed by atoms with Gasteiger partial charge in [-0.05, 0) is 6.92 Å². The normalized spacial score (nSPS) is 8.50. The van der Waals surface area contributed by atoms with Crippen LogP contribution in [-0.2, 0) is 42.2 Å². The molecule has 0 unspecified atom stereocenters. The van der Waals surface area contributed by atoms with Gasteiger partial charge in [-0.2, -0.15) is 18.7 Å². The van der Waals surface area contributed by atoms with Crippen LogP contribution >= 0.6 is 11.8 Å². The maximum absolute atomic E-state index is 10.8. The molecule has 0 heterocycles. The molecule has 0 fully saturated rings. The molecule has 0 aliphatic heterocycles. The summed E-state index contributed by atoms with van der Waals surface area (Å²) in [6, 6.07) is 0. The van der Waals surface area contributed by atoms with Crippen LogP contribution < -0.4 is 0 Å². The number of esters is 1. The monoisotopic (exact) mass is 262 g/mol. The van der Waals surface area contributed by atoms with Crippen LogP contribution in [0.25, 0.3) is 0 Å². The van der Waals surface area contributed by atoms with E-state index in [1.54, 1.807) is 18.7 Å². The van der Waals surface area contributed by atoms with E-state index in [2.05, 4.69) is 6.58 Å². The molecule has 0 aliphatic carbocycles. The minimum absolute atomic E-state index is 0. The molecule has 0 spiro atoms. The Morgan fingerprint density at radius 3 is 2.67 bits per heavy atom. The van der Waals surface area contributed by atoms with Gasteiger partial charge in [0.25, 0.3) is 0 Å². The van der Waals surface area contributed by atoms with Crippen molar-refractivity contribution in [2.75, 3.05) is 11.7 Å². The smallest absolute Gasteiger partial charge is 0.333 e. The number of thioether (sulfide) groups is 1. The standard InChI is InChI=1S/C8H13O2S.Y/c1-4-5-11-6-10-8(9)7(2)3;/h4H,2,5-6H2,1,3H3;/q-1;. The molecule has 0 amide bonds. The second kappa shape index (κ2) is 9.75. The third-order valence-electron chi connectivity index (χ3n) is 0.906. The summed E-state index contributed by atoms with van der Waals surface area (Å²) in [5.74, 6) is 1.01. The van der Waals surface area contributed by atoms with Gasteiger partial charge in [-0.1, -0.05) is 6.58 Å². The first-order valence-corrected chi connectivity index (χ1v) is 4.52. The largest absolute Gasteiger partial charge is 0.451 e. The van der Waals surface area contributed by atoms with Gasteiger partial charge in [0.1, 0.15) is 5.94 Å². The van der Waals surface area contributed by atoms with Crippen molar-refractivity contribution in [2.45, 2.75) is 13.8 Å². The summed E-state index contributed by atoms with van der Waals surface area (Å²) in [6.45, 7) is 7.07. The van der Waals surface area contributed by atoms with Crippen LogP contribution in [0.1, 0.15) is 13.8 Å². The van der Waals surface area contributed by atoms with E-state index < -0.39 is 0 Å². The zero-order valence-electron chi connectivity index (χ0n) is 7.50. The van der Waals surface area contributed by atoms with E-state index in [9.17, 15) is 4.79 Å². The quantitative estimate of drug-likeness (QED) is 0.249. The maximum Gasteiger partial charge on any atom is 0.333 e.